The van der Waals surface area contributed by atoms with E-state index in [1.165, 1.54) is 37.8 Å². The Morgan fingerprint density at radius 3 is 2.50 bits per heavy atom. The lowest BCUT2D eigenvalue weighted by Crippen LogP contribution is -2.53. The minimum absolute atomic E-state index is 0.222. The van der Waals surface area contributed by atoms with Crippen molar-refractivity contribution in [2.75, 3.05) is 27.8 Å². The van der Waals surface area contributed by atoms with Crippen LogP contribution in [0.1, 0.15) is 45.1 Å². The van der Waals surface area contributed by atoms with Crippen molar-refractivity contribution in [1.29, 1.82) is 0 Å². The molecule has 3 rings (SSSR count). The standard InChI is InChI=1S/C19H29NO2/c1-18(2)10-6-7-17-19(18,11-12-20(17)3)14-8-9-15(21-4)16(13-14)22-5/h8-9,13,17H,6-7,10-12H2,1-5H3/t17-,19+/m0/s1. The molecule has 2 aliphatic rings. The summed E-state index contributed by atoms with van der Waals surface area (Å²) in [5.41, 5.74) is 1.95. The van der Waals surface area contributed by atoms with E-state index in [2.05, 4.69) is 44.0 Å². The van der Waals surface area contributed by atoms with Crippen molar-refractivity contribution in [3.05, 3.63) is 23.8 Å². The molecule has 3 nitrogen and oxygen atoms in total. The van der Waals surface area contributed by atoms with E-state index in [1.807, 2.05) is 0 Å². The first-order valence-corrected chi connectivity index (χ1v) is 8.39. The summed E-state index contributed by atoms with van der Waals surface area (Å²) < 4.78 is 11.0. The van der Waals surface area contributed by atoms with Gasteiger partial charge in [0.15, 0.2) is 11.5 Å². The second kappa shape index (κ2) is 5.45. The van der Waals surface area contributed by atoms with Crippen molar-refractivity contribution < 1.29 is 9.47 Å². The van der Waals surface area contributed by atoms with Gasteiger partial charge in [0.05, 0.1) is 14.2 Å². The van der Waals surface area contributed by atoms with Crippen LogP contribution < -0.4 is 9.47 Å². The maximum atomic E-state index is 5.57. The summed E-state index contributed by atoms with van der Waals surface area (Å²) in [6.07, 6.45) is 5.16. The fourth-order valence-corrected chi connectivity index (χ4v) is 5.11. The monoisotopic (exact) mass is 303 g/mol. The zero-order valence-corrected chi connectivity index (χ0v) is 14.6. The molecule has 122 valence electrons. The Kier molecular flexibility index (Phi) is 3.88. The van der Waals surface area contributed by atoms with Crippen LogP contribution in [0.3, 0.4) is 0 Å². The van der Waals surface area contributed by atoms with Crippen LogP contribution in [0, 0.1) is 5.41 Å². The third-order valence-corrected chi connectivity index (χ3v) is 6.35. The van der Waals surface area contributed by atoms with Crippen molar-refractivity contribution >= 4 is 0 Å². The lowest BCUT2D eigenvalue weighted by Gasteiger charge is -2.53. The molecule has 1 aliphatic heterocycles. The molecule has 2 fully saturated rings. The molecule has 0 bridgehead atoms. The molecule has 0 radical (unpaired) electrons. The zero-order chi connectivity index (χ0) is 16.0. The van der Waals surface area contributed by atoms with Crippen molar-refractivity contribution in [3.8, 4) is 11.5 Å². The van der Waals surface area contributed by atoms with E-state index in [0.717, 1.165) is 11.5 Å². The summed E-state index contributed by atoms with van der Waals surface area (Å²) in [5.74, 6) is 1.67. The highest BCUT2D eigenvalue weighted by atomic mass is 16.5. The van der Waals surface area contributed by atoms with Crippen molar-refractivity contribution in [2.45, 2.75) is 51.0 Å². The van der Waals surface area contributed by atoms with E-state index in [0.29, 0.717) is 11.5 Å². The molecule has 22 heavy (non-hydrogen) atoms. The van der Waals surface area contributed by atoms with Crippen LogP contribution in [0.25, 0.3) is 0 Å². The number of likely N-dealkylation sites (tertiary alicyclic amines) is 1. The van der Waals surface area contributed by atoms with E-state index in [-0.39, 0.29) is 5.41 Å². The van der Waals surface area contributed by atoms with Crippen LogP contribution in [-0.4, -0.2) is 38.8 Å². The smallest absolute Gasteiger partial charge is 0.161 e. The number of rotatable bonds is 3. The Morgan fingerprint density at radius 2 is 1.82 bits per heavy atom. The second-order valence-electron chi connectivity index (χ2n) is 7.56. The van der Waals surface area contributed by atoms with Gasteiger partial charge in [-0.3, -0.25) is 0 Å². The third kappa shape index (κ3) is 2.05. The first kappa shape index (κ1) is 15.7. The predicted octanol–water partition coefficient (Wildman–Crippen LogP) is 3.86. The van der Waals surface area contributed by atoms with Crippen LogP contribution >= 0.6 is 0 Å². The fourth-order valence-electron chi connectivity index (χ4n) is 5.11. The molecule has 1 saturated heterocycles. The molecule has 0 amide bonds. The van der Waals surface area contributed by atoms with Gasteiger partial charge < -0.3 is 14.4 Å². The number of likely N-dealkylation sites (N-methyl/N-ethyl adjacent to an activating group) is 1. The highest BCUT2D eigenvalue weighted by Crippen LogP contribution is 2.58. The Balaban J connectivity index is 2.13. The molecular formula is C19H29NO2. The van der Waals surface area contributed by atoms with Crippen LogP contribution in [0.15, 0.2) is 18.2 Å². The molecule has 0 unspecified atom stereocenters. The summed E-state index contributed by atoms with van der Waals surface area (Å²) >= 11 is 0. The van der Waals surface area contributed by atoms with Gasteiger partial charge in [0, 0.05) is 11.5 Å². The number of nitrogens with zero attached hydrogens (tertiary/aromatic N) is 1. The molecule has 2 atom stereocenters. The third-order valence-electron chi connectivity index (χ3n) is 6.35. The summed E-state index contributed by atoms with van der Waals surface area (Å²) in [7, 11) is 5.71. The van der Waals surface area contributed by atoms with Gasteiger partial charge in [-0.15, -0.1) is 0 Å². The molecule has 0 N–H and O–H groups in total. The minimum Gasteiger partial charge on any atom is -0.493 e. The highest BCUT2D eigenvalue weighted by Gasteiger charge is 2.57. The van der Waals surface area contributed by atoms with Gasteiger partial charge in [0.2, 0.25) is 0 Å². The second-order valence-corrected chi connectivity index (χ2v) is 7.56. The summed E-state index contributed by atoms with van der Waals surface area (Å²) in [6, 6.07) is 7.19. The molecule has 1 saturated carbocycles. The van der Waals surface area contributed by atoms with Crippen LogP contribution in [0.2, 0.25) is 0 Å². The average molecular weight is 303 g/mol. The first-order valence-electron chi connectivity index (χ1n) is 8.39. The molecule has 1 aromatic carbocycles. The average Bonchev–Trinajstić information content (AvgIpc) is 2.86. The van der Waals surface area contributed by atoms with Crippen LogP contribution in [-0.2, 0) is 5.41 Å². The topological polar surface area (TPSA) is 21.7 Å². The van der Waals surface area contributed by atoms with Gasteiger partial charge in [0.25, 0.3) is 0 Å². The number of ether oxygens (including phenoxy) is 2. The molecule has 3 heteroatoms. The van der Waals surface area contributed by atoms with Crippen molar-refractivity contribution in [1.82, 2.24) is 4.90 Å². The van der Waals surface area contributed by atoms with E-state index in [9.17, 15) is 0 Å². The lowest BCUT2D eigenvalue weighted by atomic mass is 9.52. The van der Waals surface area contributed by atoms with Gasteiger partial charge in [-0.25, -0.2) is 0 Å². The predicted molar refractivity (Wildman–Crippen MR) is 89.9 cm³/mol. The normalized spacial score (nSPS) is 30.9. The van der Waals surface area contributed by atoms with E-state index >= 15 is 0 Å². The minimum atomic E-state index is 0.222. The number of hydrogen-bond donors (Lipinski definition) is 0. The zero-order valence-electron chi connectivity index (χ0n) is 14.6. The summed E-state index contributed by atoms with van der Waals surface area (Å²) in [6.45, 7) is 6.09. The summed E-state index contributed by atoms with van der Waals surface area (Å²) in [4.78, 5) is 2.57. The largest absolute Gasteiger partial charge is 0.493 e. The summed E-state index contributed by atoms with van der Waals surface area (Å²) in [5, 5.41) is 0. The molecule has 1 heterocycles. The van der Waals surface area contributed by atoms with E-state index < -0.39 is 0 Å². The quantitative estimate of drug-likeness (QED) is 0.846. The van der Waals surface area contributed by atoms with Gasteiger partial charge in [-0.1, -0.05) is 26.3 Å². The molecule has 0 spiro atoms. The number of methoxy groups -OCH3 is 2. The number of fused-ring (bicyclic) bond motifs is 1. The van der Waals surface area contributed by atoms with Crippen LogP contribution in [0.5, 0.6) is 11.5 Å². The number of hydrogen-bond acceptors (Lipinski definition) is 3. The molecule has 0 aromatic heterocycles. The van der Waals surface area contributed by atoms with E-state index in [4.69, 9.17) is 9.47 Å². The van der Waals surface area contributed by atoms with Gasteiger partial charge in [0.1, 0.15) is 0 Å². The maximum absolute atomic E-state index is 5.57. The van der Waals surface area contributed by atoms with Gasteiger partial charge in [-0.2, -0.15) is 0 Å². The molecule has 1 aliphatic carbocycles. The lowest BCUT2D eigenvalue weighted by molar-refractivity contribution is 0.0528. The Bertz CT molecular complexity index is 554. The van der Waals surface area contributed by atoms with E-state index in [1.54, 1.807) is 14.2 Å². The van der Waals surface area contributed by atoms with Gasteiger partial charge >= 0.3 is 0 Å². The SMILES string of the molecule is COc1ccc([C@]23CCN(C)[C@H]2CCCC3(C)C)cc1OC. The van der Waals surface area contributed by atoms with Crippen LogP contribution in [0.4, 0.5) is 0 Å². The fraction of sp³-hybridized carbons (Fsp3) is 0.684. The number of benzene rings is 1. The maximum Gasteiger partial charge on any atom is 0.161 e. The Labute approximate surface area is 134 Å². The Morgan fingerprint density at radius 1 is 1.09 bits per heavy atom. The molecule has 1 aromatic rings. The van der Waals surface area contributed by atoms with Gasteiger partial charge in [-0.05, 0) is 56.0 Å². The van der Waals surface area contributed by atoms with Crippen molar-refractivity contribution in [2.24, 2.45) is 5.41 Å². The molecular weight excluding hydrogens is 274 g/mol. The first-order chi connectivity index (χ1) is 10.5. The highest BCUT2D eigenvalue weighted by molar-refractivity contribution is 5.47. The Hall–Kier alpha value is -1.22. The van der Waals surface area contributed by atoms with Crippen molar-refractivity contribution in [3.63, 3.8) is 0 Å².